The van der Waals surface area contributed by atoms with Gasteiger partial charge in [-0.3, -0.25) is 4.79 Å². The van der Waals surface area contributed by atoms with Crippen molar-refractivity contribution in [1.82, 2.24) is 20.1 Å². The SMILES string of the molecule is Cn1cnnc1C(c1cccc(N2Cc3c(cc(CNC4(C)CCC4)cc3C(F)(F)F)C2=O)c1)[C@H]1C[C@H](Cl)C1. The molecule has 1 unspecified atom stereocenters. The van der Waals surface area contributed by atoms with Crippen LogP contribution in [0.2, 0.25) is 0 Å². The Labute approximate surface area is 230 Å². The Balaban J connectivity index is 1.33. The molecular formula is C29H31ClF3N5O. The number of amides is 1. The molecule has 3 aliphatic rings. The number of halogens is 4. The van der Waals surface area contributed by atoms with Crippen molar-refractivity contribution in [2.75, 3.05) is 4.90 Å². The number of hydrogen-bond acceptors (Lipinski definition) is 4. The highest BCUT2D eigenvalue weighted by molar-refractivity contribution is 6.21. The second-order valence-electron chi connectivity index (χ2n) is 11.5. The summed E-state index contributed by atoms with van der Waals surface area (Å²) in [7, 11) is 1.89. The highest BCUT2D eigenvalue weighted by Gasteiger charge is 2.42. The molecule has 1 amide bonds. The maximum Gasteiger partial charge on any atom is 0.416 e. The zero-order valence-corrected chi connectivity index (χ0v) is 22.7. The van der Waals surface area contributed by atoms with Crippen LogP contribution in [0.1, 0.15) is 83.4 Å². The summed E-state index contributed by atoms with van der Waals surface area (Å²) in [4.78, 5) is 15.1. The Morgan fingerprint density at radius 2 is 1.97 bits per heavy atom. The van der Waals surface area contributed by atoms with E-state index in [0.29, 0.717) is 11.3 Å². The van der Waals surface area contributed by atoms with Crippen molar-refractivity contribution in [2.24, 2.45) is 13.0 Å². The molecule has 1 aliphatic heterocycles. The molecule has 2 heterocycles. The molecule has 0 saturated heterocycles. The smallest absolute Gasteiger partial charge is 0.320 e. The van der Waals surface area contributed by atoms with Gasteiger partial charge < -0.3 is 14.8 Å². The van der Waals surface area contributed by atoms with Crippen LogP contribution in [0, 0.1) is 5.92 Å². The molecule has 3 aromatic rings. The number of carbonyl (C=O) groups excluding carboxylic acids is 1. The second-order valence-corrected chi connectivity index (χ2v) is 12.1. The fraction of sp³-hybridized carbons (Fsp3) is 0.483. The molecule has 0 radical (unpaired) electrons. The van der Waals surface area contributed by atoms with E-state index in [1.54, 1.807) is 18.5 Å². The van der Waals surface area contributed by atoms with E-state index < -0.39 is 17.6 Å². The van der Waals surface area contributed by atoms with Crippen LogP contribution in [0.15, 0.2) is 42.7 Å². The number of rotatable bonds is 7. The molecule has 10 heteroatoms. The summed E-state index contributed by atoms with van der Waals surface area (Å²) >= 11 is 6.31. The number of aromatic nitrogens is 3. The standard InChI is InChI=1S/C29H31ClF3N5O/c1-28(7-4-8-28)34-14-17-9-22-23(24(10-17)29(31,32)33)15-38(27(22)39)21-6-3-5-18(13-21)25(19-11-20(30)12-19)26-36-35-16-37(26)2/h3,5-6,9-10,13,16,19-20,25,34H,4,7-8,11-12,14-15H2,1-2H3/t19-,20-,25?. The van der Waals surface area contributed by atoms with E-state index in [9.17, 15) is 18.0 Å². The minimum Gasteiger partial charge on any atom is -0.320 e. The van der Waals surface area contributed by atoms with Crippen LogP contribution in [-0.2, 0) is 26.3 Å². The Morgan fingerprint density at radius 3 is 2.59 bits per heavy atom. The zero-order valence-electron chi connectivity index (χ0n) is 21.9. The largest absolute Gasteiger partial charge is 0.416 e. The molecule has 2 aromatic carbocycles. The van der Waals surface area contributed by atoms with E-state index in [1.165, 1.54) is 11.0 Å². The number of anilines is 1. The molecule has 39 heavy (non-hydrogen) atoms. The van der Waals surface area contributed by atoms with E-state index in [1.807, 2.05) is 29.8 Å². The Bertz CT molecular complexity index is 1410. The summed E-state index contributed by atoms with van der Waals surface area (Å²) in [5.74, 6) is 0.572. The highest BCUT2D eigenvalue weighted by atomic mass is 35.5. The molecule has 6 nitrogen and oxygen atoms in total. The normalized spacial score (nSPS) is 22.8. The Morgan fingerprint density at radius 1 is 1.21 bits per heavy atom. The van der Waals surface area contributed by atoms with Gasteiger partial charge in [0.1, 0.15) is 12.2 Å². The first-order valence-corrected chi connectivity index (χ1v) is 13.8. The van der Waals surface area contributed by atoms with Crippen molar-refractivity contribution in [3.8, 4) is 0 Å². The van der Waals surface area contributed by atoms with Crippen molar-refractivity contribution in [2.45, 2.75) is 75.1 Å². The van der Waals surface area contributed by atoms with Gasteiger partial charge in [0.15, 0.2) is 0 Å². The third-order valence-electron chi connectivity index (χ3n) is 8.74. The molecule has 0 spiro atoms. The van der Waals surface area contributed by atoms with Gasteiger partial charge in [-0.15, -0.1) is 21.8 Å². The molecule has 1 atom stereocenters. The lowest BCUT2D eigenvalue weighted by molar-refractivity contribution is -0.138. The summed E-state index contributed by atoms with van der Waals surface area (Å²) in [5, 5.41) is 11.9. The highest BCUT2D eigenvalue weighted by Crippen LogP contribution is 2.46. The van der Waals surface area contributed by atoms with Crippen molar-refractivity contribution in [1.29, 1.82) is 0 Å². The lowest BCUT2D eigenvalue weighted by Gasteiger charge is -2.39. The van der Waals surface area contributed by atoms with Gasteiger partial charge in [-0.2, -0.15) is 13.2 Å². The first-order chi connectivity index (χ1) is 18.5. The summed E-state index contributed by atoms with van der Waals surface area (Å²) in [5.41, 5.74) is 1.35. The van der Waals surface area contributed by atoms with E-state index >= 15 is 0 Å². The summed E-state index contributed by atoms with van der Waals surface area (Å²) in [6, 6.07) is 10.3. The minimum absolute atomic E-state index is 0.0327. The van der Waals surface area contributed by atoms with Gasteiger partial charge in [-0.05, 0) is 85.9 Å². The van der Waals surface area contributed by atoms with Gasteiger partial charge in [0.05, 0.1) is 12.1 Å². The number of hydrogen-bond donors (Lipinski definition) is 1. The number of nitrogens with one attached hydrogen (secondary N) is 1. The lowest BCUT2D eigenvalue weighted by Crippen LogP contribution is -2.47. The van der Waals surface area contributed by atoms with Crippen molar-refractivity contribution in [3.05, 3.63) is 76.4 Å². The molecule has 2 saturated carbocycles. The monoisotopic (exact) mass is 557 g/mol. The van der Waals surface area contributed by atoms with Gasteiger partial charge in [0.25, 0.3) is 5.91 Å². The molecule has 1 N–H and O–H groups in total. The average molecular weight is 558 g/mol. The Kier molecular flexibility index (Phi) is 6.50. The van der Waals surface area contributed by atoms with E-state index in [4.69, 9.17) is 11.6 Å². The van der Waals surface area contributed by atoms with Crippen LogP contribution in [0.5, 0.6) is 0 Å². The Hall–Kier alpha value is -2.91. The number of benzene rings is 2. The minimum atomic E-state index is -4.56. The van der Waals surface area contributed by atoms with Crippen LogP contribution < -0.4 is 10.2 Å². The second kappa shape index (κ2) is 9.63. The zero-order chi connectivity index (χ0) is 27.5. The predicted octanol–water partition coefficient (Wildman–Crippen LogP) is 6.18. The number of aryl methyl sites for hydroxylation is 1. The summed E-state index contributed by atoms with van der Waals surface area (Å²) < 4.78 is 44.4. The topological polar surface area (TPSA) is 63.1 Å². The molecule has 0 bridgehead atoms. The fourth-order valence-electron chi connectivity index (χ4n) is 6.18. The fourth-order valence-corrected chi connectivity index (χ4v) is 6.64. The molecule has 206 valence electrons. The quantitative estimate of drug-likeness (QED) is 0.353. The molecule has 1 aromatic heterocycles. The molecule has 6 rings (SSSR count). The van der Waals surface area contributed by atoms with Gasteiger partial charge in [0, 0.05) is 41.7 Å². The third-order valence-corrected chi connectivity index (χ3v) is 9.09. The van der Waals surface area contributed by atoms with E-state index in [-0.39, 0.29) is 47.0 Å². The number of nitrogens with zero attached hydrogens (tertiary/aromatic N) is 4. The van der Waals surface area contributed by atoms with Crippen molar-refractivity contribution >= 4 is 23.2 Å². The maximum absolute atomic E-state index is 14.2. The summed E-state index contributed by atoms with van der Waals surface area (Å²) in [6.45, 7) is 2.25. The van der Waals surface area contributed by atoms with Gasteiger partial charge in [-0.25, -0.2) is 0 Å². The first-order valence-electron chi connectivity index (χ1n) is 13.4. The molecule has 2 aliphatic carbocycles. The number of fused-ring (bicyclic) bond motifs is 1. The number of alkyl halides is 4. The number of carbonyl (C=O) groups is 1. The van der Waals surface area contributed by atoms with E-state index in [2.05, 4.69) is 22.4 Å². The predicted molar refractivity (Wildman–Crippen MR) is 143 cm³/mol. The van der Waals surface area contributed by atoms with Crippen LogP contribution in [0.4, 0.5) is 18.9 Å². The average Bonchev–Trinajstić information content (AvgIpc) is 3.43. The molecular weight excluding hydrogens is 527 g/mol. The third kappa shape index (κ3) is 4.84. The van der Waals surface area contributed by atoms with Crippen LogP contribution in [0.25, 0.3) is 0 Å². The van der Waals surface area contributed by atoms with Crippen LogP contribution in [-0.4, -0.2) is 31.6 Å². The van der Waals surface area contributed by atoms with Gasteiger partial charge in [0.2, 0.25) is 0 Å². The van der Waals surface area contributed by atoms with Crippen LogP contribution >= 0.6 is 11.6 Å². The van der Waals surface area contributed by atoms with Gasteiger partial charge >= 0.3 is 6.18 Å². The lowest BCUT2D eigenvalue weighted by atomic mass is 9.72. The summed E-state index contributed by atoms with van der Waals surface area (Å²) in [6.07, 6.45) is 1.87. The molecule has 2 fully saturated rings. The van der Waals surface area contributed by atoms with Crippen LogP contribution in [0.3, 0.4) is 0 Å². The van der Waals surface area contributed by atoms with Crippen molar-refractivity contribution < 1.29 is 18.0 Å². The van der Waals surface area contributed by atoms with E-state index in [0.717, 1.165) is 43.5 Å². The van der Waals surface area contributed by atoms with Gasteiger partial charge in [-0.1, -0.05) is 12.1 Å². The first kappa shape index (κ1) is 26.3. The van der Waals surface area contributed by atoms with Crippen molar-refractivity contribution in [3.63, 3.8) is 0 Å². The maximum atomic E-state index is 14.2.